The molecule has 1 saturated heterocycles. The van der Waals surface area contributed by atoms with Gasteiger partial charge in [0.25, 0.3) is 5.91 Å². The SMILES string of the molecule is CN(C)c1ccc(C(=O)N2CCC(n3cc(Br)cn3)C2)nn1. The monoisotopic (exact) mass is 364 g/mol. The minimum atomic E-state index is -0.0773. The molecule has 0 aromatic carbocycles. The third kappa shape index (κ3) is 2.96. The highest BCUT2D eigenvalue weighted by molar-refractivity contribution is 9.10. The van der Waals surface area contributed by atoms with Crippen LogP contribution in [0.5, 0.6) is 0 Å². The molecule has 7 nitrogen and oxygen atoms in total. The number of anilines is 1. The maximum Gasteiger partial charge on any atom is 0.274 e. The first-order valence-corrected chi connectivity index (χ1v) is 7.84. The van der Waals surface area contributed by atoms with E-state index in [0.29, 0.717) is 18.8 Å². The van der Waals surface area contributed by atoms with Crippen molar-refractivity contribution in [3.05, 3.63) is 34.7 Å². The van der Waals surface area contributed by atoms with Gasteiger partial charge in [-0.2, -0.15) is 5.10 Å². The molecule has 8 heteroatoms. The summed E-state index contributed by atoms with van der Waals surface area (Å²) < 4.78 is 2.85. The lowest BCUT2D eigenvalue weighted by Crippen LogP contribution is -2.30. The van der Waals surface area contributed by atoms with Crippen molar-refractivity contribution in [2.24, 2.45) is 0 Å². The third-order valence-electron chi connectivity index (χ3n) is 3.72. The van der Waals surface area contributed by atoms with Crippen LogP contribution in [0.15, 0.2) is 29.0 Å². The minimum absolute atomic E-state index is 0.0773. The van der Waals surface area contributed by atoms with Gasteiger partial charge in [-0.3, -0.25) is 9.48 Å². The zero-order chi connectivity index (χ0) is 15.7. The highest BCUT2D eigenvalue weighted by Gasteiger charge is 2.29. The molecule has 2 aromatic rings. The molecule has 0 N–H and O–H groups in total. The van der Waals surface area contributed by atoms with E-state index in [1.807, 2.05) is 29.9 Å². The molecular weight excluding hydrogens is 348 g/mol. The van der Waals surface area contributed by atoms with Gasteiger partial charge in [-0.25, -0.2) is 0 Å². The molecule has 1 unspecified atom stereocenters. The van der Waals surface area contributed by atoms with E-state index in [1.54, 1.807) is 23.2 Å². The number of likely N-dealkylation sites (tertiary alicyclic amines) is 1. The molecule has 1 aliphatic rings. The second-order valence-corrected chi connectivity index (χ2v) is 6.42. The molecule has 0 saturated carbocycles. The zero-order valence-corrected chi connectivity index (χ0v) is 14.1. The Balaban J connectivity index is 1.68. The molecule has 0 spiro atoms. The van der Waals surface area contributed by atoms with Gasteiger partial charge < -0.3 is 9.80 Å². The van der Waals surface area contributed by atoms with Crippen molar-refractivity contribution in [3.8, 4) is 0 Å². The number of rotatable bonds is 3. The van der Waals surface area contributed by atoms with Crippen molar-refractivity contribution in [3.63, 3.8) is 0 Å². The van der Waals surface area contributed by atoms with Crippen LogP contribution in [0, 0.1) is 0 Å². The van der Waals surface area contributed by atoms with Crippen LogP contribution in [-0.4, -0.2) is 58.0 Å². The molecular formula is C14H17BrN6O. The van der Waals surface area contributed by atoms with Crippen LogP contribution in [0.3, 0.4) is 0 Å². The van der Waals surface area contributed by atoms with Gasteiger partial charge in [-0.15, -0.1) is 10.2 Å². The lowest BCUT2D eigenvalue weighted by atomic mass is 10.3. The Morgan fingerprint density at radius 2 is 2.18 bits per heavy atom. The molecule has 1 atom stereocenters. The van der Waals surface area contributed by atoms with E-state index in [9.17, 15) is 4.79 Å². The molecule has 2 aromatic heterocycles. The summed E-state index contributed by atoms with van der Waals surface area (Å²) in [4.78, 5) is 16.1. The largest absolute Gasteiger partial charge is 0.361 e. The van der Waals surface area contributed by atoms with Gasteiger partial charge in [0.05, 0.1) is 16.7 Å². The number of carbonyl (C=O) groups excluding carboxylic acids is 1. The first-order valence-electron chi connectivity index (χ1n) is 7.04. The van der Waals surface area contributed by atoms with E-state index in [-0.39, 0.29) is 11.9 Å². The summed E-state index contributed by atoms with van der Waals surface area (Å²) in [5, 5.41) is 12.4. The Morgan fingerprint density at radius 3 is 2.77 bits per heavy atom. The molecule has 22 heavy (non-hydrogen) atoms. The van der Waals surface area contributed by atoms with Gasteiger partial charge in [0.2, 0.25) is 0 Å². The van der Waals surface area contributed by atoms with Gasteiger partial charge in [0, 0.05) is 33.4 Å². The highest BCUT2D eigenvalue weighted by Crippen LogP contribution is 2.23. The summed E-state index contributed by atoms with van der Waals surface area (Å²) in [5.41, 5.74) is 0.382. The maximum absolute atomic E-state index is 12.5. The average Bonchev–Trinajstić information content (AvgIpc) is 3.15. The number of amides is 1. The van der Waals surface area contributed by atoms with Gasteiger partial charge in [0.15, 0.2) is 11.5 Å². The second-order valence-electron chi connectivity index (χ2n) is 5.50. The van der Waals surface area contributed by atoms with Crippen LogP contribution in [0.2, 0.25) is 0 Å². The number of hydrogen-bond acceptors (Lipinski definition) is 5. The molecule has 116 valence electrons. The maximum atomic E-state index is 12.5. The number of carbonyl (C=O) groups is 1. The Hall–Kier alpha value is -1.96. The van der Waals surface area contributed by atoms with Gasteiger partial charge in [-0.05, 0) is 34.5 Å². The first-order chi connectivity index (χ1) is 10.5. The Kier molecular flexibility index (Phi) is 4.10. The van der Waals surface area contributed by atoms with Crippen molar-refractivity contribution in [2.45, 2.75) is 12.5 Å². The fraction of sp³-hybridized carbons (Fsp3) is 0.429. The van der Waals surface area contributed by atoms with Gasteiger partial charge in [-0.1, -0.05) is 0 Å². The van der Waals surface area contributed by atoms with Crippen LogP contribution < -0.4 is 4.90 Å². The van der Waals surface area contributed by atoms with Crippen molar-refractivity contribution in [1.29, 1.82) is 0 Å². The summed E-state index contributed by atoms with van der Waals surface area (Å²) in [5.74, 6) is 0.656. The Bertz CT molecular complexity index is 668. The molecule has 0 aliphatic carbocycles. The predicted octanol–water partition coefficient (Wildman–Crippen LogP) is 1.59. The standard InChI is InChI=1S/C14H17BrN6O/c1-19(2)13-4-3-12(17-18-13)14(22)20-6-5-11(9-20)21-8-10(15)7-16-21/h3-4,7-8,11H,5-6,9H2,1-2H3. The van der Waals surface area contributed by atoms with E-state index in [4.69, 9.17) is 0 Å². The Morgan fingerprint density at radius 1 is 1.36 bits per heavy atom. The van der Waals surface area contributed by atoms with Gasteiger partial charge in [0.1, 0.15) is 0 Å². The van der Waals surface area contributed by atoms with Crippen LogP contribution >= 0.6 is 15.9 Å². The molecule has 1 fully saturated rings. The van der Waals surface area contributed by atoms with E-state index in [1.165, 1.54) is 0 Å². The van der Waals surface area contributed by atoms with Crippen LogP contribution in [0.4, 0.5) is 5.82 Å². The van der Waals surface area contributed by atoms with E-state index >= 15 is 0 Å². The average molecular weight is 365 g/mol. The lowest BCUT2D eigenvalue weighted by molar-refractivity contribution is 0.0780. The molecule has 0 bridgehead atoms. The van der Waals surface area contributed by atoms with Crippen LogP contribution in [0.1, 0.15) is 23.0 Å². The van der Waals surface area contributed by atoms with Crippen molar-refractivity contribution >= 4 is 27.7 Å². The number of nitrogens with zero attached hydrogens (tertiary/aromatic N) is 6. The molecule has 3 rings (SSSR count). The fourth-order valence-electron chi connectivity index (χ4n) is 2.50. The lowest BCUT2D eigenvalue weighted by Gasteiger charge is -2.16. The topological polar surface area (TPSA) is 67.2 Å². The van der Waals surface area contributed by atoms with Crippen LogP contribution in [0.25, 0.3) is 0 Å². The summed E-state index contributed by atoms with van der Waals surface area (Å²) in [6.45, 7) is 1.35. The predicted molar refractivity (Wildman–Crippen MR) is 85.8 cm³/mol. The summed E-state index contributed by atoms with van der Waals surface area (Å²) in [6, 6.07) is 3.74. The molecule has 1 aliphatic heterocycles. The number of hydrogen-bond donors (Lipinski definition) is 0. The number of halogens is 1. The smallest absolute Gasteiger partial charge is 0.274 e. The third-order valence-corrected chi connectivity index (χ3v) is 4.13. The number of aromatic nitrogens is 4. The fourth-order valence-corrected chi connectivity index (χ4v) is 2.80. The van der Waals surface area contributed by atoms with E-state index in [0.717, 1.165) is 16.7 Å². The molecule has 1 amide bonds. The minimum Gasteiger partial charge on any atom is -0.361 e. The summed E-state index contributed by atoms with van der Waals surface area (Å²) in [7, 11) is 3.78. The first kappa shape index (κ1) is 15.0. The zero-order valence-electron chi connectivity index (χ0n) is 12.5. The highest BCUT2D eigenvalue weighted by atomic mass is 79.9. The van der Waals surface area contributed by atoms with E-state index in [2.05, 4.69) is 31.2 Å². The Labute approximate surface area is 137 Å². The van der Waals surface area contributed by atoms with Crippen molar-refractivity contribution in [1.82, 2.24) is 24.9 Å². The van der Waals surface area contributed by atoms with Crippen LogP contribution in [-0.2, 0) is 0 Å². The van der Waals surface area contributed by atoms with Gasteiger partial charge >= 0.3 is 0 Å². The van der Waals surface area contributed by atoms with Crippen molar-refractivity contribution < 1.29 is 4.79 Å². The van der Waals surface area contributed by atoms with Crippen molar-refractivity contribution in [2.75, 3.05) is 32.1 Å². The summed E-state index contributed by atoms with van der Waals surface area (Å²) in [6.07, 6.45) is 4.59. The molecule has 3 heterocycles. The summed E-state index contributed by atoms with van der Waals surface area (Å²) >= 11 is 3.39. The quantitative estimate of drug-likeness (QED) is 0.827. The normalized spacial score (nSPS) is 17.8. The second kappa shape index (κ2) is 6.04. The van der Waals surface area contributed by atoms with E-state index < -0.39 is 0 Å². The molecule has 0 radical (unpaired) electrons.